The third kappa shape index (κ3) is 3.81. The van der Waals surface area contributed by atoms with Gasteiger partial charge in [0.25, 0.3) is 0 Å². The van der Waals surface area contributed by atoms with Gasteiger partial charge in [-0.25, -0.2) is 0 Å². The van der Waals surface area contributed by atoms with Gasteiger partial charge in [0.15, 0.2) is 0 Å². The first-order valence-corrected chi connectivity index (χ1v) is 8.22. The van der Waals surface area contributed by atoms with Crippen LogP contribution in [0.15, 0.2) is 11.4 Å². The van der Waals surface area contributed by atoms with E-state index in [1.54, 1.807) is 10.4 Å². The third-order valence-electron chi connectivity index (χ3n) is 3.86. The second kappa shape index (κ2) is 7.27. The fourth-order valence-electron chi connectivity index (χ4n) is 2.67. The largest absolute Gasteiger partial charge is 0.314 e. The zero-order valence-electron chi connectivity index (χ0n) is 11.7. The molecule has 1 aromatic rings. The van der Waals surface area contributed by atoms with Crippen LogP contribution in [0.3, 0.4) is 0 Å². The quantitative estimate of drug-likeness (QED) is 0.850. The van der Waals surface area contributed by atoms with E-state index in [0.29, 0.717) is 0 Å². The molecule has 2 nitrogen and oxygen atoms in total. The number of hydrogen-bond acceptors (Lipinski definition) is 3. The highest BCUT2D eigenvalue weighted by molar-refractivity contribution is 7.10. The van der Waals surface area contributed by atoms with E-state index in [1.165, 1.54) is 51.9 Å². The van der Waals surface area contributed by atoms with Gasteiger partial charge in [-0.05, 0) is 62.3 Å². The first-order valence-electron chi connectivity index (χ1n) is 7.34. The number of hydrogen-bond donors (Lipinski definition) is 1. The predicted octanol–water partition coefficient (Wildman–Crippen LogP) is 3.27. The Hall–Kier alpha value is -0.380. The van der Waals surface area contributed by atoms with Crippen molar-refractivity contribution >= 4 is 11.3 Å². The molecule has 0 radical (unpaired) electrons. The van der Waals surface area contributed by atoms with Crippen molar-refractivity contribution in [2.24, 2.45) is 0 Å². The van der Waals surface area contributed by atoms with Gasteiger partial charge in [0.2, 0.25) is 0 Å². The van der Waals surface area contributed by atoms with Crippen LogP contribution in [-0.4, -0.2) is 30.6 Å². The lowest BCUT2D eigenvalue weighted by Gasteiger charge is -2.32. The summed E-state index contributed by atoms with van der Waals surface area (Å²) in [7, 11) is 0. The van der Waals surface area contributed by atoms with Gasteiger partial charge in [-0.1, -0.05) is 13.8 Å². The maximum Gasteiger partial charge on any atom is 0.0330 e. The number of piperidine rings is 1. The molecule has 0 saturated carbocycles. The van der Waals surface area contributed by atoms with Gasteiger partial charge >= 0.3 is 0 Å². The number of rotatable bonds is 6. The van der Waals surface area contributed by atoms with Crippen LogP contribution in [0.25, 0.3) is 0 Å². The average Bonchev–Trinajstić information content (AvgIpc) is 2.85. The Morgan fingerprint density at radius 3 is 2.78 bits per heavy atom. The Labute approximate surface area is 115 Å². The van der Waals surface area contributed by atoms with Gasteiger partial charge in [0, 0.05) is 17.5 Å². The minimum atomic E-state index is 0.759. The minimum Gasteiger partial charge on any atom is -0.314 e. The summed E-state index contributed by atoms with van der Waals surface area (Å²) < 4.78 is 0. The molecule has 1 N–H and O–H groups in total. The fourth-order valence-corrected chi connectivity index (χ4v) is 3.68. The van der Waals surface area contributed by atoms with Crippen LogP contribution in [0.4, 0.5) is 0 Å². The van der Waals surface area contributed by atoms with Crippen LogP contribution in [-0.2, 0) is 13.0 Å². The summed E-state index contributed by atoms with van der Waals surface area (Å²) in [6, 6.07) is 3.05. The number of aryl methyl sites for hydroxylation is 1. The van der Waals surface area contributed by atoms with Crippen LogP contribution >= 0.6 is 11.3 Å². The molecule has 0 unspecified atom stereocenters. The van der Waals surface area contributed by atoms with Gasteiger partial charge in [0.1, 0.15) is 0 Å². The lowest BCUT2D eigenvalue weighted by atomic mass is 10.0. The second-order valence-electron chi connectivity index (χ2n) is 5.23. The maximum atomic E-state index is 3.65. The first kappa shape index (κ1) is 14.0. The van der Waals surface area contributed by atoms with E-state index in [1.807, 2.05) is 11.3 Å². The number of thiophene rings is 1. The summed E-state index contributed by atoms with van der Waals surface area (Å²) in [5, 5.41) is 5.89. The third-order valence-corrected chi connectivity index (χ3v) is 4.80. The van der Waals surface area contributed by atoms with Crippen LogP contribution < -0.4 is 5.32 Å². The van der Waals surface area contributed by atoms with Crippen molar-refractivity contribution in [3.05, 3.63) is 21.9 Å². The van der Waals surface area contributed by atoms with Crippen molar-refractivity contribution in [1.29, 1.82) is 0 Å². The number of nitrogens with zero attached hydrogens (tertiary/aromatic N) is 1. The zero-order valence-corrected chi connectivity index (χ0v) is 12.6. The molecule has 1 fully saturated rings. The van der Waals surface area contributed by atoms with E-state index in [4.69, 9.17) is 0 Å². The van der Waals surface area contributed by atoms with Crippen molar-refractivity contribution in [2.45, 2.75) is 52.1 Å². The van der Waals surface area contributed by atoms with Crippen LogP contribution in [0, 0.1) is 0 Å². The van der Waals surface area contributed by atoms with Gasteiger partial charge < -0.3 is 5.32 Å². The Morgan fingerprint density at radius 2 is 2.11 bits per heavy atom. The highest BCUT2D eigenvalue weighted by atomic mass is 32.1. The normalized spacial score (nSPS) is 18.3. The maximum absolute atomic E-state index is 3.65. The molecule has 18 heavy (non-hydrogen) atoms. The van der Waals surface area contributed by atoms with Crippen molar-refractivity contribution in [1.82, 2.24) is 10.2 Å². The summed E-state index contributed by atoms with van der Waals surface area (Å²) in [5.74, 6) is 0. The highest BCUT2D eigenvalue weighted by Crippen LogP contribution is 2.21. The summed E-state index contributed by atoms with van der Waals surface area (Å²) in [6.07, 6.45) is 5.04. The molecule has 0 spiro atoms. The Balaban J connectivity index is 1.76. The van der Waals surface area contributed by atoms with Gasteiger partial charge in [-0.3, -0.25) is 4.90 Å². The van der Waals surface area contributed by atoms with Crippen molar-refractivity contribution in [2.75, 3.05) is 19.6 Å². The van der Waals surface area contributed by atoms with E-state index >= 15 is 0 Å². The molecule has 3 heteroatoms. The average molecular weight is 266 g/mol. The van der Waals surface area contributed by atoms with Gasteiger partial charge in [-0.15, -0.1) is 11.3 Å². The predicted molar refractivity (Wildman–Crippen MR) is 80.3 cm³/mol. The first-order chi connectivity index (χ1) is 8.83. The molecule has 1 saturated heterocycles. The molecular weight excluding hydrogens is 240 g/mol. The van der Waals surface area contributed by atoms with Crippen molar-refractivity contribution < 1.29 is 0 Å². The monoisotopic (exact) mass is 266 g/mol. The standard InChI is InChI=1S/C15H26N2S/c1-3-8-16-14-5-9-17(10-6-14)12-15-13(4-2)7-11-18-15/h7,11,14,16H,3-6,8-10,12H2,1-2H3. The highest BCUT2D eigenvalue weighted by Gasteiger charge is 2.19. The molecular formula is C15H26N2S. The zero-order chi connectivity index (χ0) is 12.8. The SMILES string of the molecule is CCCNC1CCN(Cc2sccc2CC)CC1. The topological polar surface area (TPSA) is 15.3 Å². The number of likely N-dealkylation sites (tertiary alicyclic amines) is 1. The summed E-state index contributed by atoms with van der Waals surface area (Å²) in [6.45, 7) is 9.35. The molecule has 1 aliphatic rings. The molecule has 0 atom stereocenters. The Bertz CT molecular complexity index is 340. The van der Waals surface area contributed by atoms with Gasteiger partial charge in [0.05, 0.1) is 0 Å². The molecule has 2 heterocycles. The second-order valence-corrected chi connectivity index (χ2v) is 6.23. The fraction of sp³-hybridized carbons (Fsp3) is 0.733. The van der Waals surface area contributed by atoms with Crippen molar-refractivity contribution in [3.8, 4) is 0 Å². The van der Waals surface area contributed by atoms with E-state index in [0.717, 1.165) is 6.04 Å². The lowest BCUT2D eigenvalue weighted by Crippen LogP contribution is -2.42. The Morgan fingerprint density at radius 1 is 1.33 bits per heavy atom. The molecule has 0 aromatic carbocycles. The van der Waals surface area contributed by atoms with Crippen LogP contribution in [0.2, 0.25) is 0 Å². The molecule has 0 amide bonds. The van der Waals surface area contributed by atoms with E-state index in [9.17, 15) is 0 Å². The Kier molecular flexibility index (Phi) is 5.67. The molecule has 2 rings (SSSR count). The molecule has 1 aromatic heterocycles. The van der Waals surface area contributed by atoms with Gasteiger partial charge in [-0.2, -0.15) is 0 Å². The summed E-state index contributed by atoms with van der Waals surface area (Å²) in [5.41, 5.74) is 1.55. The number of nitrogens with one attached hydrogen (secondary N) is 1. The van der Waals surface area contributed by atoms with Crippen LogP contribution in [0.5, 0.6) is 0 Å². The molecule has 0 aliphatic carbocycles. The summed E-state index contributed by atoms with van der Waals surface area (Å²) in [4.78, 5) is 4.20. The summed E-state index contributed by atoms with van der Waals surface area (Å²) >= 11 is 1.93. The van der Waals surface area contributed by atoms with E-state index in [-0.39, 0.29) is 0 Å². The van der Waals surface area contributed by atoms with E-state index in [2.05, 4.69) is 35.5 Å². The minimum absolute atomic E-state index is 0.759. The van der Waals surface area contributed by atoms with E-state index < -0.39 is 0 Å². The van der Waals surface area contributed by atoms with Crippen molar-refractivity contribution in [3.63, 3.8) is 0 Å². The lowest BCUT2D eigenvalue weighted by molar-refractivity contribution is 0.192. The molecule has 1 aliphatic heterocycles. The smallest absolute Gasteiger partial charge is 0.0330 e. The van der Waals surface area contributed by atoms with Crippen LogP contribution in [0.1, 0.15) is 43.6 Å². The molecule has 102 valence electrons. The molecule has 0 bridgehead atoms.